The summed E-state index contributed by atoms with van der Waals surface area (Å²) in [4.78, 5) is 23.0. The van der Waals surface area contributed by atoms with Crippen molar-refractivity contribution in [3.63, 3.8) is 0 Å². The molecule has 0 aliphatic rings. The Labute approximate surface area is 103 Å². The normalized spacial score (nSPS) is 10.1. The average molecular weight is 245 g/mol. The SMILES string of the molecule is CC(=O)c1onc(C(=O)Nc2ccccc2)c1N. The Balaban J connectivity index is 2.22. The summed E-state index contributed by atoms with van der Waals surface area (Å²) in [6, 6.07) is 8.83. The van der Waals surface area contributed by atoms with E-state index in [1.165, 1.54) is 6.92 Å². The maximum absolute atomic E-state index is 11.8. The number of nitrogens with one attached hydrogen (secondary N) is 1. The Kier molecular flexibility index (Phi) is 3.09. The van der Waals surface area contributed by atoms with Crippen molar-refractivity contribution in [3.8, 4) is 0 Å². The highest BCUT2D eigenvalue weighted by molar-refractivity contribution is 6.09. The molecule has 6 nitrogen and oxygen atoms in total. The smallest absolute Gasteiger partial charge is 0.280 e. The summed E-state index contributed by atoms with van der Waals surface area (Å²) in [6.07, 6.45) is 0. The monoisotopic (exact) mass is 245 g/mol. The average Bonchev–Trinajstić information content (AvgIpc) is 2.72. The van der Waals surface area contributed by atoms with Crippen molar-refractivity contribution in [2.24, 2.45) is 0 Å². The Hall–Kier alpha value is -2.63. The maximum Gasteiger partial charge on any atom is 0.280 e. The van der Waals surface area contributed by atoms with Gasteiger partial charge < -0.3 is 15.6 Å². The van der Waals surface area contributed by atoms with Crippen LogP contribution in [0.2, 0.25) is 0 Å². The lowest BCUT2D eigenvalue weighted by Gasteiger charge is -2.02. The number of aromatic nitrogens is 1. The van der Waals surface area contributed by atoms with Gasteiger partial charge in [0.1, 0.15) is 5.69 Å². The van der Waals surface area contributed by atoms with E-state index in [1.807, 2.05) is 6.07 Å². The number of carbonyl (C=O) groups is 2. The van der Waals surface area contributed by atoms with E-state index in [2.05, 4.69) is 10.5 Å². The van der Waals surface area contributed by atoms with Gasteiger partial charge in [0.15, 0.2) is 11.5 Å². The van der Waals surface area contributed by atoms with Gasteiger partial charge in [-0.3, -0.25) is 9.59 Å². The van der Waals surface area contributed by atoms with Gasteiger partial charge in [0.05, 0.1) is 0 Å². The lowest BCUT2D eigenvalue weighted by molar-refractivity contribution is 0.0972. The van der Waals surface area contributed by atoms with Gasteiger partial charge in [-0.05, 0) is 12.1 Å². The predicted molar refractivity (Wildman–Crippen MR) is 65.3 cm³/mol. The van der Waals surface area contributed by atoms with Gasteiger partial charge in [0, 0.05) is 12.6 Å². The second kappa shape index (κ2) is 4.70. The molecule has 0 spiro atoms. The molecule has 0 saturated carbocycles. The molecule has 0 radical (unpaired) electrons. The summed E-state index contributed by atoms with van der Waals surface area (Å²) < 4.78 is 4.73. The lowest BCUT2D eigenvalue weighted by Crippen LogP contribution is -2.14. The molecule has 0 atom stereocenters. The van der Waals surface area contributed by atoms with Crippen molar-refractivity contribution in [3.05, 3.63) is 41.8 Å². The van der Waals surface area contributed by atoms with Crippen molar-refractivity contribution in [2.75, 3.05) is 11.1 Å². The van der Waals surface area contributed by atoms with E-state index in [1.54, 1.807) is 24.3 Å². The summed E-state index contributed by atoms with van der Waals surface area (Å²) in [5.74, 6) is -0.998. The quantitative estimate of drug-likeness (QED) is 0.802. The Morgan fingerprint density at radius 2 is 1.94 bits per heavy atom. The van der Waals surface area contributed by atoms with Crippen LogP contribution in [-0.2, 0) is 0 Å². The Bertz CT molecular complexity index is 590. The first-order valence-corrected chi connectivity index (χ1v) is 5.22. The molecule has 1 aromatic carbocycles. The van der Waals surface area contributed by atoms with Crippen LogP contribution in [0.15, 0.2) is 34.9 Å². The van der Waals surface area contributed by atoms with Crippen LogP contribution in [0.25, 0.3) is 0 Å². The zero-order valence-corrected chi connectivity index (χ0v) is 9.64. The van der Waals surface area contributed by atoms with Crippen LogP contribution in [0, 0.1) is 0 Å². The van der Waals surface area contributed by atoms with Crippen LogP contribution >= 0.6 is 0 Å². The molecule has 2 rings (SSSR count). The highest BCUT2D eigenvalue weighted by Gasteiger charge is 2.22. The van der Waals surface area contributed by atoms with E-state index in [4.69, 9.17) is 10.3 Å². The zero-order valence-electron chi connectivity index (χ0n) is 9.64. The van der Waals surface area contributed by atoms with E-state index in [0.717, 1.165) is 0 Å². The van der Waals surface area contributed by atoms with Gasteiger partial charge in [-0.15, -0.1) is 0 Å². The number of hydrogen-bond acceptors (Lipinski definition) is 5. The maximum atomic E-state index is 11.8. The molecule has 1 aromatic heterocycles. The van der Waals surface area contributed by atoms with Gasteiger partial charge in [-0.1, -0.05) is 23.4 Å². The Morgan fingerprint density at radius 1 is 1.28 bits per heavy atom. The predicted octanol–water partition coefficient (Wildman–Crippen LogP) is 1.71. The lowest BCUT2D eigenvalue weighted by atomic mass is 10.2. The first-order valence-electron chi connectivity index (χ1n) is 5.22. The molecule has 0 saturated heterocycles. The number of anilines is 2. The van der Waals surface area contributed by atoms with E-state index in [0.29, 0.717) is 5.69 Å². The van der Waals surface area contributed by atoms with Crippen molar-refractivity contribution in [1.82, 2.24) is 5.16 Å². The second-order valence-corrected chi connectivity index (χ2v) is 3.65. The zero-order chi connectivity index (χ0) is 13.1. The molecule has 18 heavy (non-hydrogen) atoms. The number of Topliss-reactive ketones (excluding diaryl/α,β-unsaturated/α-hetero) is 1. The molecule has 0 aliphatic carbocycles. The third-order valence-electron chi connectivity index (χ3n) is 2.29. The fourth-order valence-electron chi connectivity index (χ4n) is 1.43. The van der Waals surface area contributed by atoms with Crippen LogP contribution in [-0.4, -0.2) is 16.8 Å². The molecule has 2 aromatic rings. The van der Waals surface area contributed by atoms with Gasteiger partial charge in [-0.25, -0.2) is 0 Å². The molecule has 1 amide bonds. The van der Waals surface area contributed by atoms with E-state index >= 15 is 0 Å². The number of ketones is 1. The number of hydrogen-bond donors (Lipinski definition) is 2. The summed E-state index contributed by atoms with van der Waals surface area (Å²) in [5.41, 5.74) is 6.09. The number of para-hydroxylation sites is 1. The van der Waals surface area contributed by atoms with Crippen LogP contribution < -0.4 is 11.1 Å². The molecule has 0 fully saturated rings. The van der Waals surface area contributed by atoms with Crippen molar-refractivity contribution in [2.45, 2.75) is 6.92 Å². The van der Waals surface area contributed by atoms with Gasteiger partial charge in [0.25, 0.3) is 5.91 Å². The molecule has 3 N–H and O–H groups in total. The number of rotatable bonds is 3. The van der Waals surface area contributed by atoms with Gasteiger partial charge >= 0.3 is 0 Å². The standard InChI is InChI=1S/C12H11N3O3/c1-7(16)11-9(13)10(15-18-11)12(17)14-8-5-3-2-4-6-8/h2-6H,13H2,1H3,(H,14,17). The van der Waals surface area contributed by atoms with Crippen LogP contribution in [0.4, 0.5) is 11.4 Å². The molecule has 6 heteroatoms. The molecule has 0 aliphatic heterocycles. The van der Waals surface area contributed by atoms with Gasteiger partial charge in [-0.2, -0.15) is 0 Å². The number of amides is 1. The fourth-order valence-corrected chi connectivity index (χ4v) is 1.43. The minimum absolute atomic E-state index is 0.0454. The highest BCUT2D eigenvalue weighted by atomic mass is 16.5. The number of nitrogens with zero attached hydrogens (tertiary/aromatic N) is 1. The topological polar surface area (TPSA) is 98.2 Å². The fraction of sp³-hybridized carbons (Fsp3) is 0.0833. The first kappa shape index (κ1) is 11.8. The minimum atomic E-state index is -0.519. The molecular weight excluding hydrogens is 234 g/mol. The van der Waals surface area contributed by atoms with Crippen molar-refractivity contribution >= 4 is 23.1 Å². The largest absolute Gasteiger partial charge is 0.393 e. The van der Waals surface area contributed by atoms with Crippen LogP contribution in [0.5, 0.6) is 0 Å². The number of nitrogen functional groups attached to an aromatic ring is 1. The first-order chi connectivity index (χ1) is 8.59. The third kappa shape index (κ3) is 2.22. The van der Waals surface area contributed by atoms with Crippen LogP contribution in [0.3, 0.4) is 0 Å². The highest BCUT2D eigenvalue weighted by Crippen LogP contribution is 2.18. The molecular formula is C12H11N3O3. The molecule has 0 unspecified atom stereocenters. The van der Waals surface area contributed by atoms with Crippen LogP contribution in [0.1, 0.15) is 28.0 Å². The number of benzene rings is 1. The number of nitrogens with two attached hydrogens (primary N) is 1. The van der Waals surface area contributed by atoms with Gasteiger partial charge in [0.2, 0.25) is 5.76 Å². The van der Waals surface area contributed by atoms with Crippen molar-refractivity contribution in [1.29, 1.82) is 0 Å². The number of carbonyl (C=O) groups excluding carboxylic acids is 2. The van der Waals surface area contributed by atoms with E-state index < -0.39 is 5.91 Å². The second-order valence-electron chi connectivity index (χ2n) is 3.65. The molecule has 0 bridgehead atoms. The third-order valence-corrected chi connectivity index (χ3v) is 2.29. The molecule has 1 heterocycles. The minimum Gasteiger partial charge on any atom is -0.393 e. The van der Waals surface area contributed by atoms with E-state index in [-0.39, 0.29) is 22.9 Å². The molecule has 92 valence electrons. The van der Waals surface area contributed by atoms with E-state index in [9.17, 15) is 9.59 Å². The summed E-state index contributed by atoms with van der Waals surface area (Å²) >= 11 is 0. The summed E-state index contributed by atoms with van der Waals surface area (Å²) in [5, 5.41) is 6.10. The summed E-state index contributed by atoms with van der Waals surface area (Å²) in [7, 11) is 0. The Morgan fingerprint density at radius 3 is 2.50 bits per heavy atom. The van der Waals surface area contributed by atoms with Crippen molar-refractivity contribution < 1.29 is 14.1 Å². The summed E-state index contributed by atoms with van der Waals surface area (Å²) in [6.45, 7) is 1.29.